The third-order valence-electron chi connectivity index (χ3n) is 4.06. The van der Waals surface area contributed by atoms with Crippen molar-refractivity contribution in [1.29, 1.82) is 0 Å². The Morgan fingerprint density at radius 3 is 2.35 bits per heavy atom. The standard InChI is InChI=1S/C13H22F3NO2Si/c1-11-7-5-6-8-12(11,19-20(2,3)4)18-17-10(9-11)13(14,15)16/h5-9H2,1-4H3. The molecule has 7 heteroatoms. The molecule has 0 N–H and O–H groups in total. The average Bonchev–Trinajstić information content (AvgIpc) is 2.25. The first kappa shape index (κ1) is 15.8. The molecule has 0 aromatic heterocycles. The molecule has 116 valence electrons. The molecule has 0 aromatic rings. The highest BCUT2D eigenvalue weighted by atomic mass is 28.4. The summed E-state index contributed by atoms with van der Waals surface area (Å²) in [6.07, 6.45) is -1.46. The highest BCUT2D eigenvalue weighted by Gasteiger charge is 2.60. The smallest absolute Gasteiger partial charge is 0.380 e. The number of rotatable bonds is 2. The number of hydrogen-bond donors (Lipinski definition) is 0. The zero-order chi connectivity index (χ0) is 15.2. The van der Waals surface area contributed by atoms with Crippen LogP contribution < -0.4 is 0 Å². The van der Waals surface area contributed by atoms with Crippen LogP contribution >= 0.6 is 0 Å². The molecule has 0 bridgehead atoms. The van der Waals surface area contributed by atoms with Gasteiger partial charge in [0.15, 0.2) is 14.0 Å². The molecule has 1 saturated carbocycles. The van der Waals surface area contributed by atoms with Crippen LogP contribution in [0.1, 0.15) is 39.0 Å². The summed E-state index contributed by atoms with van der Waals surface area (Å²) in [5.41, 5.74) is -1.48. The Morgan fingerprint density at radius 1 is 1.20 bits per heavy atom. The van der Waals surface area contributed by atoms with E-state index in [9.17, 15) is 13.2 Å². The van der Waals surface area contributed by atoms with Gasteiger partial charge in [-0.25, -0.2) is 0 Å². The Hall–Kier alpha value is -0.563. The topological polar surface area (TPSA) is 30.8 Å². The molecule has 1 aliphatic heterocycles. The van der Waals surface area contributed by atoms with Gasteiger partial charge in [0.25, 0.3) is 0 Å². The summed E-state index contributed by atoms with van der Waals surface area (Å²) in [5, 5.41) is 3.38. The van der Waals surface area contributed by atoms with Gasteiger partial charge in [0.1, 0.15) is 0 Å². The Labute approximate surface area is 118 Å². The maximum atomic E-state index is 12.9. The second kappa shape index (κ2) is 4.73. The summed E-state index contributed by atoms with van der Waals surface area (Å²) in [4.78, 5) is 5.37. The van der Waals surface area contributed by atoms with E-state index in [1.54, 1.807) is 0 Å². The van der Waals surface area contributed by atoms with Crippen molar-refractivity contribution in [3.8, 4) is 0 Å². The van der Waals surface area contributed by atoms with Crippen LogP contribution in [0.15, 0.2) is 5.16 Å². The van der Waals surface area contributed by atoms with Gasteiger partial charge in [-0.05, 0) is 32.5 Å². The second-order valence-electron chi connectivity index (χ2n) is 7.04. The van der Waals surface area contributed by atoms with Gasteiger partial charge in [-0.15, -0.1) is 0 Å². The van der Waals surface area contributed by atoms with Gasteiger partial charge in [0, 0.05) is 18.3 Å². The summed E-state index contributed by atoms with van der Waals surface area (Å²) in [5.74, 6) is -0.982. The minimum Gasteiger partial charge on any atom is -0.380 e. The molecule has 0 radical (unpaired) electrons. The normalized spacial score (nSPS) is 35.0. The van der Waals surface area contributed by atoms with Crippen LogP contribution in [0.25, 0.3) is 0 Å². The summed E-state index contributed by atoms with van der Waals surface area (Å²) < 4.78 is 44.8. The molecular formula is C13H22F3NO2Si. The molecule has 1 aliphatic carbocycles. The van der Waals surface area contributed by atoms with Crippen LogP contribution in [0.3, 0.4) is 0 Å². The lowest BCUT2D eigenvalue weighted by Gasteiger charge is -2.53. The van der Waals surface area contributed by atoms with Gasteiger partial charge in [-0.1, -0.05) is 18.5 Å². The summed E-state index contributed by atoms with van der Waals surface area (Å²) >= 11 is 0. The molecule has 2 atom stereocenters. The van der Waals surface area contributed by atoms with E-state index < -0.39 is 31.4 Å². The number of hydrogen-bond acceptors (Lipinski definition) is 3. The fraction of sp³-hybridized carbons (Fsp3) is 0.923. The Kier molecular flexibility index (Phi) is 3.74. The quantitative estimate of drug-likeness (QED) is 0.705. The molecule has 0 spiro atoms. The van der Waals surface area contributed by atoms with Crippen molar-refractivity contribution in [1.82, 2.24) is 0 Å². The molecule has 0 aromatic carbocycles. The van der Waals surface area contributed by atoms with Crippen molar-refractivity contribution >= 4 is 14.0 Å². The first-order valence-electron chi connectivity index (χ1n) is 7.00. The fourth-order valence-corrected chi connectivity index (χ4v) is 4.49. The molecule has 20 heavy (non-hydrogen) atoms. The lowest BCUT2D eigenvalue weighted by atomic mass is 9.67. The maximum Gasteiger partial charge on any atom is 0.432 e. The predicted molar refractivity (Wildman–Crippen MR) is 72.9 cm³/mol. The van der Waals surface area contributed by atoms with E-state index >= 15 is 0 Å². The van der Waals surface area contributed by atoms with E-state index in [1.807, 2.05) is 26.6 Å². The molecular weight excluding hydrogens is 287 g/mol. The highest BCUT2D eigenvalue weighted by Crippen LogP contribution is 2.54. The van der Waals surface area contributed by atoms with Crippen LogP contribution in [0.2, 0.25) is 19.6 Å². The molecule has 1 fully saturated rings. The summed E-state index contributed by atoms with van der Waals surface area (Å²) in [7, 11) is -1.95. The van der Waals surface area contributed by atoms with Crippen molar-refractivity contribution in [3.05, 3.63) is 0 Å². The van der Waals surface area contributed by atoms with Crippen LogP contribution in [0.4, 0.5) is 13.2 Å². The maximum absolute atomic E-state index is 12.9. The van der Waals surface area contributed by atoms with Crippen molar-refractivity contribution in [3.63, 3.8) is 0 Å². The first-order chi connectivity index (χ1) is 8.98. The minimum atomic E-state index is -4.42. The van der Waals surface area contributed by atoms with Gasteiger partial charge in [0.05, 0.1) is 0 Å². The number of halogens is 3. The van der Waals surface area contributed by atoms with Gasteiger partial charge >= 0.3 is 6.18 Å². The summed E-state index contributed by atoms with van der Waals surface area (Å²) in [6, 6.07) is 0. The van der Waals surface area contributed by atoms with E-state index in [-0.39, 0.29) is 6.42 Å². The zero-order valence-corrected chi connectivity index (χ0v) is 13.4. The van der Waals surface area contributed by atoms with E-state index in [2.05, 4.69) is 5.16 Å². The molecule has 3 nitrogen and oxygen atoms in total. The minimum absolute atomic E-state index is 0.124. The molecule has 2 rings (SSSR count). The number of oxime groups is 1. The average molecular weight is 309 g/mol. The molecule has 1 heterocycles. The Bertz CT molecular complexity index is 419. The van der Waals surface area contributed by atoms with Crippen molar-refractivity contribution in [2.75, 3.05) is 0 Å². The zero-order valence-electron chi connectivity index (χ0n) is 12.4. The third kappa shape index (κ3) is 2.88. The van der Waals surface area contributed by atoms with E-state index in [1.165, 1.54) is 0 Å². The second-order valence-corrected chi connectivity index (χ2v) is 11.5. The lowest BCUT2D eigenvalue weighted by Crippen LogP contribution is -2.59. The van der Waals surface area contributed by atoms with Crippen molar-refractivity contribution in [2.45, 2.75) is 70.6 Å². The number of nitrogens with zero attached hydrogens (tertiary/aromatic N) is 1. The predicted octanol–water partition coefficient (Wildman–Crippen LogP) is 4.45. The van der Waals surface area contributed by atoms with E-state index in [4.69, 9.17) is 9.26 Å². The fourth-order valence-electron chi connectivity index (χ4n) is 3.11. The van der Waals surface area contributed by atoms with E-state index in [0.717, 1.165) is 12.8 Å². The molecule has 0 amide bonds. The third-order valence-corrected chi connectivity index (χ3v) is 5.01. The number of fused-ring (bicyclic) bond motifs is 1. The molecule has 0 saturated heterocycles. The Morgan fingerprint density at radius 2 is 1.80 bits per heavy atom. The van der Waals surface area contributed by atoms with Crippen LogP contribution in [0, 0.1) is 5.41 Å². The van der Waals surface area contributed by atoms with Gasteiger partial charge in [-0.3, -0.25) is 0 Å². The van der Waals surface area contributed by atoms with Crippen molar-refractivity contribution < 1.29 is 22.4 Å². The van der Waals surface area contributed by atoms with Crippen molar-refractivity contribution in [2.24, 2.45) is 10.6 Å². The Balaban J connectivity index is 2.36. The monoisotopic (exact) mass is 309 g/mol. The molecule has 2 unspecified atom stereocenters. The van der Waals surface area contributed by atoms with Gasteiger partial charge < -0.3 is 9.26 Å². The number of alkyl halides is 3. The van der Waals surface area contributed by atoms with Crippen LogP contribution in [-0.2, 0) is 9.26 Å². The van der Waals surface area contributed by atoms with Crippen LogP contribution in [0.5, 0.6) is 0 Å². The summed E-state index contributed by atoms with van der Waals surface area (Å²) in [6.45, 7) is 7.89. The van der Waals surface area contributed by atoms with E-state index in [0.29, 0.717) is 12.8 Å². The van der Waals surface area contributed by atoms with Gasteiger partial charge in [-0.2, -0.15) is 13.2 Å². The highest BCUT2D eigenvalue weighted by molar-refractivity contribution is 6.69. The van der Waals surface area contributed by atoms with Crippen LogP contribution in [-0.4, -0.2) is 26.0 Å². The van der Waals surface area contributed by atoms with Gasteiger partial charge in [0.2, 0.25) is 5.79 Å². The lowest BCUT2D eigenvalue weighted by molar-refractivity contribution is -0.283. The first-order valence-corrected chi connectivity index (χ1v) is 10.4. The SMILES string of the molecule is CC12CCCCC1(O[Si](C)(C)C)ON=C(C(F)(F)F)C2. The largest absolute Gasteiger partial charge is 0.432 e. The molecule has 2 aliphatic rings.